The molecule has 116 valence electrons. The Hall–Kier alpha value is -2.34. The third-order valence-electron chi connectivity index (χ3n) is 3.98. The van der Waals surface area contributed by atoms with Gasteiger partial charge in [-0.2, -0.15) is 0 Å². The number of imidazole rings is 1. The first-order valence-electron chi connectivity index (χ1n) is 7.47. The fourth-order valence-electron chi connectivity index (χ4n) is 2.72. The summed E-state index contributed by atoms with van der Waals surface area (Å²) in [4.78, 5) is 15.8. The zero-order valence-corrected chi connectivity index (χ0v) is 12.5. The molecule has 1 atom stereocenters. The highest BCUT2D eigenvalue weighted by Crippen LogP contribution is 2.24. The minimum atomic E-state index is -0.772. The first-order chi connectivity index (χ1) is 10.6. The van der Waals surface area contributed by atoms with Crippen molar-refractivity contribution in [2.45, 2.75) is 32.4 Å². The topological polar surface area (TPSA) is 79.2 Å². The number of aliphatic hydroxyl groups excluding tert-OH is 1. The number of fused-ring (bicyclic) bond motifs is 1. The van der Waals surface area contributed by atoms with Crippen LogP contribution in [0.5, 0.6) is 0 Å². The average Bonchev–Trinajstić information content (AvgIpc) is 2.83. The molecule has 0 fully saturated rings. The number of carbonyl (C=O) groups is 1. The molecule has 0 bridgehead atoms. The van der Waals surface area contributed by atoms with Crippen molar-refractivity contribution in [1.82, 2.24) is 14.9 Å². The standard InChI is InChI=1S/C16H20N4O2/c1-11-5-2-3-6-12(11)7-4-8-20-10-18-14-13(21)9-17-16(22)19-15(14)20/h2-3,5-6,10,13,21H,4,7-9H2,1H3,(H2,17,19,22). The molecule has 3 rings (SSSR count). The number of hydrogen-bond donors (Lipinski definition) is 3. The van der Waals surface area contributed by atoms with Crippen LogP contribution in [0.25, 0.3) is 0 Å². The fourth-order valence-corrected chi connectivity index (χ4v) is 2.72. The van der Waals surface area contributed by atoms with Crippen LogP contribution in [0.4, 0.5) is 10.6 Å². The Morgan fingerprint density at radius 2 is 2.23 bits per heavy atom. The van der Waals surface area contributed by atoms with E-state index in [1.165, 1.54) is 11.1 Å². The monoisotopic (exact) mass is 300 g/mol. The lowest BCUT2D eigenvalue weighted by Crippen LogP contribution is -2.29. The average molecular weight is 300 g/mol. The molecule has 1 aliphatic heterocycles. The number of aromatic nitrogens is 2. The zero-order chi connectivity index (χ0) is 15.5. The van der Waals surface area contributed by atoms with E-state index >= 15 is 0 Å². The van der Waals surface area contributed by atoms with E-state index < -0.39 is 6.10 Å². The fraction of sp³-hybridized carbons (Fsp3) is 0.375. The van der Waals surface area contributed by atoms with Crippen LogP contribution in [0.15, 0.2) is 30.6 Å². The van der Waals surface area contributed by atoms with Crippen LogP contribution >= 0.6 is 0 Å². The van der Waals surface area contributed by atoms with Crippen molar-refractivity contribution in [3.8, 4) is 0 Å². The number of nitrogens with one attached hydrogen (secondary N) is 2. The summed E-state index contributed by atoms with van der Waals surface area (Å²) < 4.78 is 1.89. The second-order valence-electron chi connectivity index (χ2n) is 5.55. The van der Waals surface area contributed by atoms with Gasteiger partial charge in [-0.05, 0) is 30.9 Å². The molecule has 2 aromatic rings. The summed E-state index contributed by atoms with van der Waals surface area (Å²) >= 11 is 0. The lowest BCUT2D eigenvalue weighted by molar-refractivity contribution is 0.174. The molecule has 0 saturated heterocycles. The maximum atomic E-state index is 11.6. The van der Waals surface area contributed by atoms with Crippen molar-refractivity contribution < 1.29 is 9.90 Å². The molecule has 22 heavy (non-hydrogen) atoms. The number of rotatable bonds is 4. The molecule has 0 saturated carbocycles. The normalized spacial score (nSPS) is 17.4. The number of urea groups is 1. The van der Waals surface area contributed by atoms with Gasteiger partial charge in [0.15, 0.2) is 0 Å². The number of aryl methyl sites for hydroxylation is 3. The first kappa shape index (κ1) is 14.6. The Morgan fingerprint density at radius 1 is 1.41 bits per heavy atom. The van der Waals surface area contributed by atoms with Crippen molar-refractivity contribution in [3.63, 3.8) is 0 Å². The van der Waals surface area contributed by atoms with Gasteiger partial charge < -0.3 is 15.0 Å². The van der Waals surface area contributed by atoms with E-state index in [2.05, 4.69) is 34.7 Å². The summed E-state index contributed by atoms with van der Waals surface area (Å²) in [6, 6.07) is 8.03. The molecular weight excluding hydrogens is 280 g/mol. The van der Waals surface area contributed by atoms with Gasteiger partial charge in [0.1, 0.15) is 17.6 Å². The van der Waals surface area contributed by atoms with Crippen LogP contribution in [-0.4, -0.2) is 27.2 Å². The minimum Gasteiger partial charge on any atom is -0.385 e. The molecule has 1 aliphatic rings. The maximum Gasteiger partial charge on any atom is 0.320 e. The number of β-amino-alcohol motifs (C(OH)–C–C–N with tert-alkyl or cyclic N) is 1. The van der Waals surface area contributed by atoms with Gasteiger partial charge in [0, 0.05) is 6.54 Å². The van der Waals surface area contributed by atoms with E-state index in [4.69, 9.17) is 0 Å². The van der Waals surface area contributed by atoms with Gasteiger partial charge in [-0.1, -0.05) is 24.3 Å². The Labute approximate surface area is 129 Å². The third kappa shape index (κ3) is 2.96. The van der Waals surface area contributed by atoms with Crippen LogP contribution in [0.1, 0.15) is 29.3 Å². The van der Waals surface area contributed by atoms with Crippen molar-refractivity contribution in [3.05, 3.63) is 47.4 Å². The van der Waals surface area contributed by atoms with Gasteiger partial charge in [-0.3, -0.25) is 5.32 Å². The molecule has 2 heterocycles. The van der Waals surface area contributed by atoms with Crippen LogP contribution in [0, 0.1) is 6.92 Å². The van der Waals surface area contributed by atoms with E-state index in [0.29, 0.717) is 11.5 Å². The van der Waals surface area contributed by atoms with E-state index in [9.17, 15) is 9.90 Å². The summed E-state index contributed by atoms with van der Waals surface area (Å²) in [5.41, 5.74) is 3.15. The summed E-state index contributed by atoms with van der Waals surface area (Å²) in [5, 5.41) is 15.3. The molecule has 0 radical (unpaired) electrons. The summed E-state index contributed by atoms with van der Waals surface area (Å²) in [6.07, 6.45) is 2.81. The summed E-state index contributed by atoms with van der Waals surface area (Å²) in [7, 11) is 0. The van der Waals surface area contributed by atoms with Crippen molar-refractivity contribution in [2.24, 2.45) is 0 Å². The molecule has 2 amide bonds. The quantitative estimate of drug-likeness (QED) is 0.808. The minimum absolute atomic E-state index is 0.180. The number of nitrogens with zero attached hydrogens (tertiary/aromatic N) is 2. The van der Waals surface area contributed by atoms with Gasteiger partial charge in [-0.15, -0.1) is 0 Å². The van der Waals surface area contributed by atoms with Gasteiger partial charge >= 0.3 is 6.03 Å². The summed E-state index contributed by atoms with van der Waals surface area (Å²) in [5.74, 6) is 0.590. The Balaban J connectivity index is 1.69. The molecule has 6 nitrogen and oxygen atoms in total. The largest absolute Gasteiger partial charge is 0.385 e. The number of anilines is 1. The van der Waals surface area contributed by atoms with Gasteiger partial charge in [0.2, 0.25) is 0 Å². The van der Waals surface area contributed by atoms with E-state index in [1.54, 1.807) is 6.33 Å². The highest BCUT2D eigenvalue weighted by molar-refractivity contribution is 5.89. The van der Waals surface area contributed by atoms with E-state index in [-0.39, 0.29) is 12.6 Å². The van der Waals surface area contributed by atoms with Crippen LogP contribution < -0.4 is 10.6 Å². The number of benzene rings is 1. The number of aliphatic hydroxyl groups is 1. The van der Waals surface area contributed by atoms with E-state index in [1.807, 2.05) is 16.7 Å². The molecule has 0 spiro atoms. The second kappa shape index (κ2) is 6.19. The van der Waals surface area contributed by atoms with Gasteiger partial charge in [-0.25, -0.2) is 9.78 Å². The number of hydrogen-bond acceptors (Lipinski definition) is 3. The molecule has 3 N–H and O–H groups in total. The number of carbonyl (C=O) groups excluding carboxylic acids is 1. The molecule has 1 aromatic heterocycles. The molecule has 6 heteroatoms. The molecule has 0 aliphatic carbocycles. The molecule has 1 unspecified atom stereocenters. The van der Waals surface area contributed by atoms with Crippen molar-refractivity contribution >= 4 is 11.8 Å². The Kier molecular flexibility index (Phi) is 4.11. The van der Waals surface area contributed by atoms with Crippen LogP contribution in [0.2, 0.25) is 0 Å². The lowest BCUT2D eigenvalue weighted by Gasteiger charge is -2.10. The smallest absolute Gasteiger partial charge is 0.320 e. The van der Waals surface area contributed by atoms with Crippen molar-refractivity contribution in [2.75, 3.05) is 11.9 Å². The predicted octanol–water partition coefficient (Wildman–Crippen LogP) is 1.99. The highest BCUT2D eigenvalue weighted by atomic mass is 16.3. The second-order valence-corrected chi connectivity index (χ2v) is 5.55. The molecular formula is C16H20N4O2. The van der Waals surface area contributed by atoms with Crippen LogP contribution in [-0.2, 0) is 13.0 Å². The van der Waals surface area contributed by atoms with Crippen molar-refractivity contribution in [1.29, 1.82) is 0 Å². The van der Waals surface area contributed by atoms with Crippen LogP contribution in [0.3, 0.4) is 0 Å². The number of amides is 2. The summed E-state index contributed by atoms with van der Waals surface area (Å²) in [6.45, 7) is 3.03. The zero-order valence-electron chi connectivity index (χ0n) is 12.5. The Bertz CT molecular complexity index is 681. The third-order valence-corrected chi connectivity index (χ3v) is 3.98. The highest BCUT2D eigenvalue weighted by Gasteiger charge is 2.24. The first-order valence-corrected chi connectivity index (χ1v) is 7.47. The SMILES string of the molecule is Cc1ccccc1CCCn1cnc2c1NC(=O)NCC2O. The molecule has 1 aromatic carbocycles. The Morgan fingerprint density at radius 3 is 3.05 bits per heavy atom. The predicted molar refractivity (Wildman–Crippen MR) is 83.7 cm³/mol. The maximum absolute atomic E-state index is 11.6. The lowest BCUT2D eigenvalue weighted by atomic mass is 10.0. The van der Waals surface area contributed by atoms with E-state index in [0.717, 1.165) is 19.4 Å². The van der Waals surface area contributed by atoms with Gasteiger partial charge in [0.25, 0.3) is 0 Å². The van der Waals surface area contributed by atoms with Gasteiger partial charge in [0.05, 0.1) is 12.9 Å².